The molecule has 2 amide bonds. The molecule has 1 saturated heterocycles. The number of aromatic nitrogens is 2. The predicted molar refractivity (Wildman–Crippen MR) is 115 cm³/mol. The second kappa shape index (κ2) is 10.1. The highest BCUT2D eigenvalue weighted by Crippen LogP contribution is 2.33. The van der Waals surface area contributed by atoms with E-state index in [9.17, 15) is 13.2 Å². The fraction of sp³-hybridized carbons (Fsp3) is 0.800. The van der Waals surface area contributed by atoms with Gasteiger partial charge in [0, 0.05) is 38.3 Å². The van der Waals surface area contributed by atoms with Crippen LogP contribution in [0.2, 0.25) is 0 Å². The Balaban J connectivity index is 1.59. The fourth-order valence-electron chi connectivity index (χ4n) is 4.59. The van der Waals surface area contributed by atoms with Gasteiger partial charge in [0.1, 0.15) is 0 Å². The summed E-state index contributed by atoms with van der Waals surface area (Å²) >= 11 is 0. The number of carbonyl (C=O) groups is 1. The Morgan fingerprint density at radius 3 is 2.60 bits per heavy atom. The van der Waals surface area contributed by atoms with Gasteiger partial charge in [-0.25, -0.2) is 17.9 Å². The van der Waals surface area contributed by atoms with Crippen molar-refractivity contribution in [3.63, 3.8) is 0 Å². The van der Waals surface area contributed by atoms with Crippen LogP contribution in [0.15, 0.2) is 12.3 Å². The zero-order chi connectivity index (χ0) is 21.7. The largest absolute Gasteiger partial charge is 0.376 e. The molecule has 9 nitrogen and oxygen atoms in total. The number of amides is 2. The molecule has 0 unspecified atom stereocenters. The second-order valence-electron chi connectivity index (χ2n) is 8.46. The number of urea groups is 1. The van der Waals surface area contributed by atoms with E-state index < -0.39 is 10.0 Å². The Kier molecular flexibility index (Phi) is 7.75. The van der Waals surface area contributed by atoms with Crippen LogP contribution in [-0.2, 0) is 21.8 Å². The normalized spacial score (nSPS) is 27.8. The van der Waals surface area contributed by atoms with E-state index in [1.807, 2.05) is 24.9 Å². The minimum absolute atomic E-state index is 0.127. The molecule has 2 N–H and O–H groups in total. The Hall–Kier alpha value is -1.65. The zero-order valence-corrected chi connectivity index (χ0v) is 19.0. The summed E-state index contributed by atoms with van der Waals surface area (Å²) in [6.45, 7) is 3.35. The number of rotatable bonds is 7. The third-order valence-corrected chi connectivity index (χ3v) is 6.79. The van der Waals surface area contributed by atoms with Crippen molar-refractivity contribution < 1.29 is 17.9 Å². The van der Waals surface area contributed by atoms with Crippen molar-refractivity contribution in [1.82, 2.24) is 24.7 Å². The molecule has 1 aliphatic carbocycles. The van der Waals surface area contributed by atoms with E-state index in [0.717, 1.165) is 44.1 Å². The SMILES string of the molecule is CCNC(=O)N1CCC[C@H](NS(C)(=O)=O)[C@@H]1CO[C@H]1CC[C@@H](c2ccn(C)n2)CC1. The van der Waals surface area contributed by atoms with Gasteiger partial charge in [-0.3, -0.25) is 4.68 Å². The van der Waals surface area contributed by atoms with Gasteiger partial charge in [0.15, 0.2) is 0 Å². The summed E-state index contributed by atoms with van der Waals surface area (Å²) in [4.78, 5) is 14.3. The van der Waals surface area contributed by atoms with E-state index in [1.54, 1.807) is 4.90 Å². The summed E-state index contributed by atoms with van der Waals surface area (Å²) in [6, 6.07) is 1.28. The standard InChI is InChI=1S/C20H35N5O4S/c1-4-21-20(26)25-12-5-6-18(23-30(3,27)28)19(25)14-29-16-9-7-15(8-10-16)17-11-13-24(2)22-17/h11,13,15-16,18-19,23H,4-10,12,14H2,1-3H3,(H,21,26)/t15-,16+,18-,19-/m0/s1. The van der Waals surface area contributed by atoms with Gasteiger partial charge in [-0.2, -0.15) is 5.10 Å². The lowest BCUT2D eigenvalue weighted by Gasteiger charge is -2.41. The van der Waals surface area contributed by atoms with Gasteiger partial charge < -0.3 is 15.0 Å². The van der Waals surface area contributed by atoms with E-state index in [4.69, 9.17) is 4.74 Å². The van der Waals surface area contributed by atoms with Crippen LogP contribution in [0.4, 0.5) is 4.79 Å². The molecule has 1 aliphatic heterocycles. The molecule has 2 aliphatic rings. The van der Waals surface area contributed by atoms with Crippen molar-refractivity contribution >= 4 is 16.1 Å². The zero-order valence-electron chi connectivity index (χ0n) is 18.2. The molecule has 1 aromatic heterocycles. The van der Waals surface area contributed by atoms with Crippen LogP contribution in [0.25, 0.3) is 0 Å². The number of aryl methyl sites for hydroxylation is 1. The van der Waals surface area contributed by atoms with Gasteiger partial charge in [0.2, 0.25) is 10.0 Å². The van der Waals surface area contributed by atoms with Crippen molar-refractivity contribution in [2.45, 2.75) is 69.6 Å². The molecule has 170 valence electrons. The first kappa shape index (κ1) is 23.0. The van der Waals surface area contributed by atoms with Crippen LogP contribution < -0.4 is 10.0 Å². The van der Waals surface area contributed by atoms with Gasteiger partial charge in [-0.15, -0.1) is 0 Å². The summed E-state index contributed by atoms with van der Waals surface area (Å²) in [5.74, 6) is 0.465. The smallest absolute Gasteiger partial charge is 0.317 e. The van der Waals surface area contributed by atoms with Crippen LogP contribution in [0.1, 0.15) is 57.1 Å². The summed E-state index contributed by atoms with van der Waals surface area (Å²) in [7, 11) is -1.44. The summed E-state index contributed by atoms with van der Waals surface area (Å²) in [5, 5.41) is 7.37. The molecule has 2 atom stereocenters. The lowest BCUT2D eigenvalue weighted by Crippen LogP contribution is -2.60. The van der Waals surface area contributed by atoms with Crippen molar-refractivity contribution in [1.29, 1.82) is 0 Å². The molecule has 0 spiro atoms. The first-order valence-electron chi connectivity index (χ1n) is 10.9. The number of likely N-dealkylation sites (tertiary alicyclic amines) is 1. The molecule has 0 aromatic carbocycles. The maximum Gasteiger partial charge on any atom is 0.317 e. The minimum atomic E-state index is -3.37. The average Bonchev–Trinajstić information content (AvgIpc) is 3.12. The average molecular weight is 442 g/mol. The molecule has 3 rings (SSSR count). The molecule has 30 heavy (non-hydrogen) atoms. The highest BCUT2D eigenvalue weighted by Gasteiger charge is 2.37. The molecule has 10 heteroatoms. The Bertz CT molecular complexity index is 804. The highest BCUT2D eigenvalue weighted by atomic mass is 32.2. The highest BCUT2D eigenvalue weighted by molar-refractivity contribution is 7.88. The number of nitrogens with zero attached hydrogens (tertiary/aromatic N) is 3. The molecule has 2 fully saturated rings. The number of carbonyl (C=O) groups excluding carboxylic acids is 1. The number of piperidine rings is 1. The summed E-state index contributed by atoms with van der Waals surface area (Å²) < 4.78 is 34.5. The molecular weight excluding hydrogens is 406 g/mol. The third kappa shape index (κ3) is 6.18. The number of ether oxygens (including phenoxy) is 1. The molecular formula is C20H35N5O4S. The topological polar surface area (TPSA) is 106 Å². The van der Waals surface area contributed by atoms with Crippen molar-refractivity contribution in [3.8, 4) is 0 Å². The molecule has 1 aromatic rings. The molecule has 0 radical (unpaired) electrons. The lowest BCUT2D eigenvalue weighted by molar-refractivity contribution is -0.0175. The molecule has 0 bridgehead atoms. The number of sulfonamides is 1. The van der Waals surface area contributed by atoms with Crippen LogP contribution >= 0.6 is 0 Å². The third-order valence-electron chi connectivity index (χ3n) is 6.06. The summed E-state index contributed by atoms with van der Waals surface area (Å²) in [6.07, 6.45) is 8.66. The minimum Gasteiger partial charge on any atom is -0.376 e. The van der Waals surface area contributed by atoms with Crippen LogP contribution in [-0.4, -0.2) is 73.3 Å². The fourth-order valence-corrected chi connectivity index (χ4v) is 5.42. The summed E-state index contributed by atoms with van der Waals surface area (Å²) in [5.41, 5.74) is 1.14. The van der Waals surface area contributed by atoms with Gasteiger partial charge in [0.05, 0.1) is 30.7 Å². The van der Waals surface area contributed by atoms with Gasteiger partial charge in [-0.1, -0.05) is 0 Å². The van der Waals surface area contributed by atoms with E-state index in [0.29, 0.717) is 32.0 Å². The number of hydrogen-bond acceptors (Lipinski definition) is 5. The van der Waals surface area contributed by atoms with Crippen molar-refractivity contribution in [2.75, 3.05) is 26.0 Å². The number of nitrogens with one attached hydrogen (secondary N) is 2. The van der Waals surface area contributed by atoms with Crippen molar-refractivity contribution in [2.24, 2.45) is 7.05 Å². The Labute approximate surface area is 179 Å². The van der Waals surface area contributed by atoms with E-state index in [1.165, 1.54) is 0 Å². The first-order chi connectivity index (χ1) is 14.3. The van der Waals surface area contributed by atoms with Crippen LogP contribution in [0, 0.1) is 0 Å². The monoisotopic (exact) mass is 441 g/mol. The maximum absolute atomic E-state index is 12.5. The van der Waals surface area contributed by atoms with Crippen molar-refractivity contribution in [3.05, 3.63) is 18.0 Å². The van der Waals surface area contributed by atoms with E-state index in [-0.39, 0.29) is 24.2 Å². The van der Waals surface area contributed by atoms with E-state index in [2.05, 4.69) is 21.2 Å². The van der Waals surface area contributed by atoms with Gasteiger partial charge in [0.25, 0.3) is 0 Å². The Morgan fingerprint density at radius 1 is 1.27 bits per heavy atom. The van der Waals surface area contributed by atoms with Crippen LogP contribution in [0.5, 0.6) is 0 Å². The second-order valence-corrected chi connectivity index (χ2v) is 10.2. The van der Waals surface area contributed by atoms with Gasteiger partial charge in [-0.05, 0) is 51.5 Å². The van der Waals surface area contributed by atoms with Gasteiger partial charge >= 0.3 is 6.03 Å². The lowest BCUT2D eigenvalue weighted by atomic mass is 9.85. The number of hydrogen-bond donors (Lipinski definition) is 2. The predicted octanol–water partition coefficient (Wildman–Crippen LogP) is 1.57. The quantitative estimate of drug-likeness (QED) is 0.668. The molecule has 2 heterocycles. The van der Waals surface area contributed by atoms with E-state index >= 15 is 0 Å². The Morgan fingerprint density at radius 2 is 2.00 bits per heavy atom. The maximum atomic E-state index is 12.5. The first-order valence-corrected chi connectivity index (χ1v) is 12.8. The molecule has 1 saturated carbocycles. The van der Waals surface area contributed by atoms with Crippen LogP contribution in [0.3, 0.4) is 0 Å².